The van der Waals surface area contributed by atoms with Gasteiger partial charge in [0.15, 0.2) is 11.5 Å². The summed E-state index contributed by atoms with van der Waals surface area (Å²) in [4.78, 5) is 19.7. The van der Waals surface area contributed by atoms with Gasteiger partial charge in [-0.15, -0.1) is 11.3 Å². The van der Waals surface area contributed by atoms with E-state index in [0.29, 0.717) is 35.2 Å². The third kappa shape index (κ3) is 4.65. The second-order valence-corrected chi connectivity index (χ2v) is 19.5. The maximum Gasteiger partial charge on any atom is 0.318 e. The summed E-state index contributed by atoms with van der Waals surface area (Å²) in [6.07, 6.45) is 11.6. The summed E-state index contributed by atoms with van der Waals surface area (Å²) in [7, 11) is 1.65. The summed E-state index contributed by atoms with van der Waals surface area (Å²) in [6, 6.07) is 14.1. The summed E-state index contributed by atoms with van der Waals surface area (Å²) >= 11 is 1.66. The maximum absolute atomic E-state index is 14.9. The van der Waals surface area contributed by atoms with Gasteiger partial charge < -0.3 is 14.6 Å². The minimum Gasteiger partial charge on any atom is -0.493 e. The first-order chi connectivity index (χ1) is 23.7. The van der Waals surface area contributed by atoms with Crippen LogP contribution in [0.15, 0.2) is 54.1 Å². The molecule has 5 nitrogen and oxygen atoms in total. The normalized spacial score (nSPS) is 40.5. The van der Waals surface area contributed by atoms with Crippen LogP contribution in [0.4, 0.5) is 0 Å². The standard InChI is InChI=1S/C44H57NO4S/c1-26-17-22-44(39(47)49-31-15-13-28(25-32(31)48-8)38-45-30-11-9-10-12-33(30)50-38)24-23-42(6)29(37(44)27(26)2)14-16-35-41(5)20-19-36(46)40(3,4)34(41)18-21-43(35,42)7/h9-15,25-27,34-37,46H,16-24H2,1-8H3/t26-,27+,34+,35-,36+,37+,41+,42-,43-,44+/m1/s1. The minimum absolute atomic E-state index is 0.0282. The molecule has 4 fully saturated rings. The minimum atomic E-state index is -0.546. The second kappa shape index (κ2) is 11.7. The molecule has 1 heterocycles. The molecule has 0 saturated heterocycles. The number of rotatable bonds is 4. The van der Waals surface area contributed by atoms with Gasteiger partial charge in [-0.2, -0.15) is 0 Å². The summed E-state index contributed by atoms with van der Waals surface area (Å²) in [5.41, 5.74) is 3.26. The van der Waals surface area contributed by atoms with Crippen molar-refractivity contribution in [1.82, 2.24) is 4.98 Å². The Bertz CT molecular complexity index is 1830. The first kappa shape index (κ1) is 34.4. The van der Waals surface area contributed by atoms with Crippen LogP contribution in [0.5, 0.6) is 11.5 Å². The fourth-order valence-electron chi connectivity index (χ4n) is 12.9. The van der Waals surface area contributed by atoms with E-state index in [1.165, 1.54) is 12.8 Å². The van der Waals surface area contributed by atoms with Crippen LogP contribution in [0.1, 0.15) is 106 Å². The molecule has 0 unspecified atom stereocenters. The topological polar surface area (TPSA) is 68.7 Å². The van der Waals surface area contributed by atoms with Gasteiger partial charge in [0.1, 0.15) is 5.01 Å². The number of esters is 1. The van der Waals surface area contributed by atoms with Crippen molar-refractivity contribution in [2.45, 2.75) is 112 Å². The Kier molecular flexibility index (Phi) is 8.01. The lowest BCUT2D eigenvalue weighted by atomic mass is 9.33. The number of hydrogen-bond donors (Lipinski definition) is 1. The van der Waals surface area contributed by atoms with E-state index < -0.39 is 5.41 Å². The van der Waals surface area contributed by atoms with E-state index in [1.54, 1.807) is 24.0 Å². The van der Waals surface area contributed by atoms with E-state index in [0.717, 1.165) is 65.7 Å². The van der Waals surface area contributed by atoms with E-state index in [9.17, 15) is 9.90 Å². The molecule has 0 radical (unpaired) electrons. The molecular weight excluding hydrogens is 639 g/mol. The number of carbonyl (C=O) groups excluding carboxylic acids is 1. The molecule has 0 amide bonds. The zero-order chi connectivity index (χ0) is 35.4. The molecule has 0 spiro atoms. The highest BCUT2D eigenvalue weighted by atomic mass is 32.1. The van der Waals surface area contributed by atoms with Crippen LogP contribution >= 0.6 is 11.3 Å². The molecule has 0 aliphatic heterocycles. The van der Waals surface area contributed by atoms with Crippen molar-refractivity contribution >= 4 is 27.5 Å². The number of aromatic nitrogens is 1. The van der Waals surface area contributed by atoms with Gasteiger partial charge in [0.25, 0.3) is 0 Å². The smallest absolute Gasteiger partial charge is 0.318 e. The Balaban J connectivity index is 1.13. The van der Waals surface area contributed by atoms with E-state index in [-0.39, 0.29) is 39.7 Å². The second-order valence-electron chi connectivity index (χ2n) is 18.4. The molecule has 50 heavy (non-hydrogen) atoms. The summed E-state index contributed by atoms with van der Waals surface area (Å²) < 4.78 is 13.5. The third-order valence-electron chi connectivity index (χ3n) is 16.3. The highest BCUT2D eigenvalue weighted by Crippen LogP contribution is 2.76. The number of methoxy groups -OCH3 is 1. The Morgan fingerprint density at radius 1 is 0.900 bits per heavy atom. The largest absolute Gasteiger partial charge is 0.493 e. The van der Waals surface area contributed by atoms with Gasteiger partial charge in [-0.05, 0) is 139 Å². The van der Waals surface area contributed by atoms with Crippen LogP contribution in [0, 0.1) is 56.7 Å². The predicted octanol–water partition coefficient (Wildman–Crippen LogP) is 10.9. The molecule has 5 aliphatic carbocycles. The summed E-state index contributed by atoms with van der Waals surface area (Å²) in [5, 5.41) is 12.0. The Labute approximate surface area is 303 Å². The van der Waals surface area contributed by atoms with Crippen molar-refractivity contribution in [3.63, 3.8) is 0 Å². The van der Waals surface area contributed by atoms with E-state index in [1.807, 2.05) is 36.4 Å². The number of benzene rings is 2. The molecule has 2 aromatic carbocycles. The van der Waals surface area contributed by atoms with Crippen LogP contribution in [0.25, 0.3) is 20.8 Å². The summed E-state index contributed by atoms with van der Waals surface area (Å²) in [6.45, 7) is 17.2. The number of thiazole rings is 1. The Morgan fingerprint density at radius 3 is 2.44 bits per heavy atom. The SMILES string of the molecule is COc1cc(-c2nc3ccccc3s2)ccc1OC(=O)[C@]12CC[C@@H](C)[C@H](C)[C@H]1C1=CC[C@@H]3[C@@]4(C)CC[C@H](O)C(C)(C)[C@@H]4CC[C@@]3(C)[C@]1(C)CC2. The van der Waals surface area contributed by atoms with Crippen molar-refractivity contribution in [3.8, 4) is 22.1 Å². The molecule has 8 rings (SSSR count). The first-order valence-corrected chi connectivity index (χ1v) is 20.2. The monoisotopic (exact) mass is 695 g/mol. The van der Waals surface area contributed by atoms with Crippen LogP contribution in [0.2, 0.25) is 0 Å². The quantitative estimate of drug-likeness (QED) is 0.167. The van der Waals surface area contributed by atoms with Crippen molar-refractivity contribution < 1.29 is 19.4 Å². The van der Waals surface area contributed by atoms with Gasteiger partial charge in [-0.1, -0.05) is 72.2 Å². The van der Waals surface area contributed by atoms with Crippen molar-refractivity contribution in [3.05, 3.63) is 54.1 Å². The fraction of sp³-hybridized carbons (Fsp3) is 0.636. The lowest BCUT2D eigenvalue weighted by Gasteiger charge is -2.71. The van der Waals surface area contributed by atoms with E-state index in [2.05, 4.69) is 60.6 Å². The molecule has 268 valence electrons. The van der Waals surface area contributed by atoms with Gasteiger partial charge in [0, 0.05) is 5.56 Å². The number of para-hydroxylation sites is 1. The number of aliphatic hydroxyl groups is 1. The highest BCUT2D eigenvalue weighted by Gasteiger charge is 2.69. The van der Waals surface area contributed by atoms with Gasteiger partial charge in [-0.25, -0.2) is 4.98 Å². The van der Waals surface area contributed by atoms with Crippen molar-refractivity contribution in [2.75, 3.05) is 7.11 Å². The van der Waals surface area contributed by atoms with Gasteiger partial charge in [0.2, 0.25) is 0 Å². The van der Waals surface area contributed by atoms with Crippen molar-refractivity contribution in [2.24, 2.45) is 56.7 Å². The van der Waals surface area contributed by atoms with Crippen LogP contribution in [0.3, 0.4) is 0 Å². The molecule has 0 bridgehead atoms. The van der Waals surface area contributed by atoms with Gasteiger partial charge in [-0.3, -0.25) is 4.79 Å². The number of nitrogens with zero attached hydrogens (tertiary/aromatic N) is 1. The molecule has 5 aliphatic rings. The molecule has 3 aromatic rings. The molecule has 4 saturated carbocycles. The zero-order valence-electron chi connectivity index (χ0n) is 31.5. The zero-order valence-corrected chi connectivity index (χ0v) is 32.3. The van der Waals surface area contributed by atoms with Crippen LogP contribution in [-0.2, 0) is 4.79 Å². The highest BCUT2D eigenvalue weighted by molar-refractivity contribution is 7.21. The maximum atomic E-state index is 14.9. The fourth-order valence-corrected chi connectivity index (χ4v) is 13.9. The predicted molar refractivity (Wildman–Crippen MR) is 202 cm³/mol. The van der Waals surface area contributed by atoms with Gasteiger partial charge >= 0.3 is 5.97 Å². The molecule has 6 heteroatoms. The number of fused-ring (bicyclic) bond motifs is 8. The number of ether oxygens (including phenoxy) is 2. The average molecular weight is 696 g/mol. The molecule has 1 N–H and O–H groups in total. The average Bonchev–Trinajstić information content (AvgIpc) is 3.53. The van der Waals surface area contributed by atoms with E-state index >= 15 is 0 Å². The number of aliphatic hydroxyl groups excluding tert-OH is 1. The number of hydrogen-bond acceptors (Lipinski definition) is 6. The van der Waals surface area contributed by atoms with Gasteiger partial charge in [0.05, 0.1) is 28.8 Å². The Morgan fingerprint density at radius 2 is 1.68 bits per heavy atom. The molecule has 1 aromatic heterocycles. The van der Waals surface area contributed by atoms with Crippen LogP contribution in [-0.4, -0.2) is 29.3 Å². The molecular formula is C44H57NO4S. The van der Waals surface area contributed by atoms with E-state index in [4.69, 9.17) is 14.5 Å². The number of carbonyl (C=O) groups is 1. The summed E-state index contributed by atoms with van der Waals surface area (Å²) in [5.74, 6) is 3.18. The first-order valence-electron chi connectivity index (χ1n) is 19.3. The molecule has 10 atom stereocenters. The van der Waals surface area contributed by atoms with Crippen molar-refractivity contribution in [1.29, 1.82) is 0 Å². The Hall–Kier alpha value is -2.70. The number of allylic oxidation sites excluding steroid dienone is 2. The van der Waals surface area contributed by atoms with Crippen LogP contribution < -0.4 is 9.47 Å². The third-order valence-corrected chi connectivity index (χ3v) is 17.4. The lowest BCUT2D eigenvalue weighted by Crippen LogP contribution is -2.65. The lowest BCUT2D eigenvalue weighted by molar-refractivity contribution is -0.206.